The number of benzene rings is 2. The molecule has 2 heterocycles. The van der Waals surface area contributed by atoms with Crippen molar-refractivity contribution in [1.82, 2.24) is 9.80 Å². The smallest absolute Gasteiger partial charge is 0.293 e. The number of likely N-dealkylation sites (tertiary alicyclic amines) is 2. The van der Waals surface area contributed by atoms with Crippen molar-refractivity contribution in [2.24, 2.45) is 5.92 Å². The fourth-order valence-corrected chi connectivity index (χ4v) is 5.53. The van der Waals surface area contributed by atoms with E-state index in [1.807, 2.05) is 26.8 Å². The van der Waals surface area contributed by atoms with Crippen molar-refractivity contribution in [1.29, 1.82) is 0 Å². The Hall–Kier alpha value is -2.71. The minimum absolute atomic E-state index is 0.182. The lowest BCUT2D eigenvalue weighted by Gasteiger charge is -2.32. The van der Waals surface area contributed by atoms with Gasteiger partial charge in [0.15, 0.2) is 0 Å². The average molecular weight is 591 g/mol. The van der Waals surface area contributed by atoms with E-state index in [0.29, 0.717) is 55.3 Å². The minimum Gasteiger partial charge on any atom is -0.493 e. The molecule has 3 fully saturated rings. The van der Waals surface area contributed by atoms with Crippen molar-refractivity contribution >= 4 is 24.0 Å². The van der Waals surface area contributed by atoms with Crippen molar-refractivity contribution in [3.8, 4) is 5.75 Å². The molecule has 2 aromatic rings. The van der Waals surface area contributed by atoms with Gasteiger partial charge < -0.3 is 14.4 Å². The third-order valence-electron chi connectivity index (χ3n) is 7.65. The molecule has 1 amide bonds. The molecule has 2 saturated heterocycles. The second-order valence-electron chi connectivity index (χ2n) is 12.3. The van der Waals surface area contributed by atoms with Gasteiger partial charge in [0.2, 0.25) is 0 Å². The van der Waals surface area contributed by atoms with E-state index >= 15 is 0 Å². The summed E-state index contributed by atoms with van der Waals surface area (Å²) in [6, 6.07) is 7.84. The van der Waals surface area contributed by atoms with Crippen LogP contribution in [0.2, 0.25) is 5.02 Å². The van der Waals surface area contributed by atoms with E-state index in [2.05, 4.69) is 9.64 Å². The third-order valence-corrected chi connectivity index (χ3v) is 7.87. The van der Waals surface area contributed by atoms with Crippen molar-refractivity contribution in [2.45, 2.75) is 77.4 Å². The summed E-state index contributed by atoms with van der Waals surface area (Å²) in [6.45, 7) is 10.3. The van der Waals surface area contributed by atoms with Crippen molar-refractivity contribution in [3.05, 3.63) is 63.7 Å². The summed E-state index contributed by atoms with van der Waals surface area (Å²) in [5, 5.41) is 0.421. The van der Waals surface area contributed by atoms with E-state index in [9.17, 15) is 18.4 Å². The number of amides is 1. The van der Waals surface area contributed by atoms with Gasteiger partial charge in [0.25, 0.3) is 12.4 Å². The van der Waals surface area contributed by atoms with Gasteiger partial charge in [-0.3, -0.25) is 14.5 Å². The Morgan fingerprint density at radius 3 is 2.24 bits per heavy atom. The molecule has 0 N–H and O–H groups in total. The molecule has 5 rings (SSSR count). The molecule has 2 aromatic carbocycles. The largest absolute Gasteiger partial charge is 0.493 e. The van der Waals surface area contributed by atoms with Crippen LogP contribution in [0.4, 0.5) is 8.78 Å². The highest BCUT2D eigenvalue weighted by Gasteiger charge is 2.31. The summed E-state index contributed by atoms with van der Waals surface area (Å²) in [5.74, 6) is 0.344. The Labute approximate surface area is 246 Å². The van der Waals surface area contributed by atoms with Gasteiger partial charge in [-0.25, -0.2) is 8.78 Å². The number of piperidine rings is 1. The fraction of sp³-hybridized carbons (Fsp3) is 0.562. The summed E-state index contributed by atoms with van der Waals surface area (Å²) in [6.07, 6.45) is 6.02. The summed E-state index contributed by atoms with van der Waals surface area (Å²) in [5.41, 5.74) is 1.72. The predicted molar refractivity (Wildman–Crippen MR) is 155 cm³/mol. The second kappa shape index (κ2) is 14.0. The van der Waals surface area contributed by atoms with Gasteiger partial charge in [0.1, 0.15) is 23.0 Å². The molecule has 6 nitrogen and oxygen atoms in total. The van der Waals surface area contributed by atoms with Crippen LogP contribution < -0.4 is 4.74 Å². The lowest BCUT2D eigenvalue weighted by atomic mass is 9.97. The highest BCUT2D eigenvalue weighted by molar-refractivity contribution is 6.30. The summed E-state index contributed by atoms with van der Waals surface area (Å²) >= 11 is 5.98. The molecule has 1 aliphatic carbocycles. The molecule has 0 atom stereocenters. The zero-order valence-electron chi connectivity index (χ0n) is 24.3. The Morgan fingerprint density at radius 1 is 1.00 bits per heavy atom. The predicted octanol–water partition coefficient (Wildman–Crippen LogP) is 6.98. The topological polar surface area (TPSA) is 59.1 Å². The molecule has 3 aliphatic rings. The quantitative estimate of drug-likeness (QED) is 0.310. The Bertz CT molecular complexity index is 1180. The summed E-state index contributed by atoms with van der Waals surface area (Å²) in [4.78, 5) is 26.4. The number of nitrogens with zero attached hydrogens (tertiary/aromatic N) is 2. The van der Waals surface area contributed by atoms with E-state index in [-0.39, 0.29) is 22.9 Å². The molecule has 41 heavy (non-hydrogen) atoms. The van der Waals surface area contributed by atoms with Crippen LogP contribution in [-0.2, 0) is 16.1 Å². The van der Waals surface area contributed by atoms with E-state index in [0.717, 1.165) is 62.7 Å². The van der Waals surface area contributed by atoms with Crippen LogP contribution in [0.5, 0.6) is 5.75 Å². The first kappa shape index (κ1) is 31.2. The van der Waals surface area contributed by atoms with Gasteiger partial charge in [-0.15, -0.1) is 0 Å². The molecule has 1 saturated carbocycles. The molecular weight excluding hydrogens is 550 g/mol. The number of rotatable bonds is 8. The maximum Gasteiger partial charge on any atom is 0.293 e. The first-order valence-corrected chi connectivity index (χ1v) is 14.9. The highest BCUT2D eigenvalue weighted by Crippen LogP contribution is 2.45. The summed E-state index contributed by atoms with van der Waals surface area (Å²) in [7, 11) is 0. The molecular formula is C32H41ClF2N2O4. The molecule has 0 spiro atoms. The zero-order valence-corrected chi connectivity index (χ0v) is 25.0. The van der Waals surface area contributed by atoms with Crippen LogP contribution >= 0.6 is 11.6 Å². The minimum atomic E-state index is -0.486. The van der Waals surface area contributed by atoms with Crippen LogP contribution in [0.3, 0.4) is 0 Å². The van der Waals surface area contributed by atoms with Crippen molar-refractivity contribution < 1.29 is 27.8 Å². The molecule has 2 aliphatic heterocycles. The first-order valence-electron chi connectivity index (χ1n) is 14.6. The standard InChI is InChI=1S/C27H31ClF2N2O2.C5H10O2/c28-21-11-19(12-22(29)13-21)16-31-9-5-18(6-10-31)17-34-26-15-25(30)24(14-23(26)20-3-4-20)27(33)32-7-1-2-8-32;1-5(2,3)7-4-6/h11-15,18,20H,1-10,16-17H2;4H,1-3H3. The monoisotopic (exact) mass is 590 g/mol. The number of carbonyl (C=O) groups excluding carboxylic acids is 2. The molecule has 0 aromatic heterocycles. The van der Waals surface area contributed by atoms with Crippen LogP contribution in [0, 0.1) is 17.6 Å². The second-order valence-corrected chi connectivity index (χ2v) is 12.7. The molecule has 0 radical (unpaired) electrons. The molecule has 9 heteroatoms. The zero-order chi connectivity index (χ0) is 29.6. The van der Waals surface area contributed by atoms with Gasteiger partial charge in [-0.1, -0.05) is 11.6 Å². The van der Waals surface area contributed by atoms with Crippen molar-refractivity contribution in [2.75, 3.05) is 32.8 Å². The van der Waals surface area contributed by atoms with E-state index in [1.54, 1.807) is 11.0 Å². The van der Waals surface area contributed by atoms with Gasteiger partial charge in [0, 0.05) is 30.7 Å². The highest BCUT2D eigenvalue weighted by atomic mass is 35.5. The normalized spacial score (nSPS) is 18.0. The number of hydrogen-bond acceptors (Lipinski definition) is 5. The Balaban J connectivity index is 0.000000493. The SMILES string of the molecule is CC(C)(C)OC=O.O=C(c1cc(C2CC2)c(OCC2CCN(Cc3cc(F)cc(Cl)c3)CC2)cc1F)N1CCCC1. The lowest BCUT2D eigenvalue weighted by Crippen LogP contribution is -2.35. The van der Waals surface area contributed by atoms with E-state index in [1.165, 1.54) is 18.2 Å². The Kier molecular flexibility index (Phi) is 10.6. The van der Waals surface area contributed by atoms with E-state index < -0.39 is 5.82 Å². The average Bonchev–Trinajstić information content (AvgIpc) is 3.59. The number of carbonyl (C=O) groups is 2. The molecule has 0 unspecified atom stereocenters. The van der Waals surface area contributed by atoms with Gasteiger partial charge in [-0.2, -0.15) is 0 Å². The third kappa shape index (κ3) is 9.40. The Morgan fingerprint density at radius 2 is 1.68 bits per heavy atom. The van der Waals surface area contributed by atoms with Gasteiger partial charge in [-0.05, 0) is 120 Å². The van der Waals surface area contributed by atoms with Crippen molar-refractivity contribution in [3.63, 3.8) is 0 Å². The maximum absolute atomic E-state index is 14.9. The van der Waals surface area contributed by atoms with Crippen LogP contribution in [0.15, 0.2) is 30.3 Å². The number of halogens is 3. The summed E-state index contributed by atoms with van der Waals surface area (Å²) < 4.78 is 39.2. The maximum atomic E-state index is 14.9. The molecule has 224 valence electrons. The van der Waals surface area contributed by atoms with Gasteiger partial charge >= 0.3 is 0 Å². The van der Waals surface area contributed by atoms with Crippen LogP contribution in [0.1, 0.15) is 86.7 Å². The van der Waals surface area contributed by atoms with Crippen LogP contribution in [-0.4, -0.2) is 60.6 Å². The van der Waals surface area contributed by atoms with Gasteiger partial charge in [0.05, 0.1) is 12.2 Å². The lowest BCUT2D eigenvalue weighted by molar-refractivity contribution is -0.138. The number of hydrogen-bond donors (Lipinski definition) is 0. The fourth-order valence-electron chi connectivity index (χ4n) is 5.29. The van der Waals surface area contributed by atoms with E-state index in [4.69, 9.17) is 16.3 Å². The number of ether oxygens (including phenoxy) is 2. The first-order chi connectivity index (χ1) is 19.5. The van der Waals surface area contributed by atoms with Crippen LogP contribution in [0.25, 0.3) is 0 Å². The molecule has 0 bridgehead atoms.